The number of nitrogens with one attached hydrogen (secondary N) is 1. The van der Waals surface area contributed by atoms with Crippen LogP contribution in [0.3, 0.4) is 0 Å². The fraction of sp³-hybridized carbons (Fsp3) is 1.00. The van der Waals surface area contributed by atoms with Gasteiger partial charge in [0, 0.05) is 12.1 Å². The van der Waals surface area contributed by atoms with Gasteiger partial charge in [-0.3, -0.25) is 0 Å². The first kappa shape index (κ1) is 13.0. The van der Waals surface area contributed by atoms with E-state index in [-0.39, 0.29) is 6.04 Å². The summed E-state index contributed by atoms with van der Waals surface area (Å²) in [6, 6.07) is 0.761. The Morgan fingerprint density at radius 3 is 2.40 bits per heavy atom. The Balaban J connectivity index is 2.48. The lowest BCUT2D eigenvalue weighted by Gasteiger charge is -2.33. The van der Waals surface area contributed by atoms with Crippen LogP contribution in [0.4, 0.5) is 0 Å². The van der Waals surface area contributed by atoms with Crippen LogP contribution in [0.2, 0.25) is 0 Å². The molecule has 1 aliphatic carbocycles. The third kappa shape index (κ3) is 4.12. The van der Waals surface area contributed by atoms with Crippen LogP contribution in [-0.2, 0) is 0 Å². The van der Waals surface area contributed by atoms with Crippen molar-refractivity contribution >= 4 is 0 Å². The Labute approximate surface area is 94.5 Å². The van der Waals surface area contributed by atoms with Crippen molar-refractivity contribution in [1.82, 2.24) is 5.32 Å². The molecule has 1 rings (SSSR count). The molecule has 0 radical (unpaired) electrons. The Bertz CT molecular complexity index is 185. The van der Waals surface area contributed by atoms with Gasteiger partial charge in [-0.2, -0.15) is 0 Å². The van der Waals surface area contributed by atoms with Crippen molar-refractivity contribution in [2.24, 2.45) is 5.92 Å². The highest BCUT2D eigenvalue weighted by molar-refractivity contribution is 4.86. The monoisotopic (exact) mass is 213 g/mol. The van der Waals surface area contributed by atoms with Gasteiger partial charge in [0.05, 0.1) is 5.60 Å². The predicted octanol–water partition coefficient (Wildman–Crippen LogP) is 2.70. The highest BCUT2D eigenvalue weighted by Crippen LogP contribution is 2.24. The second-order valence-corrected chi connectivity index (χ2v) is 5.76. The predicted molar refractivity (Wildman–Crippen MR) is 64.9 cm³/mol. The molecule has 0 bridgehead atoms. The molecule has 2 N–H and O–H groups in total. The van der Waals surface area contributed by atoms with Crippen LogP contribution in [0.5, 0.6) is 0 Å². The number of aliphatic hydroxyl groups is 1. The van der Waals surface area contributed by atoms with Gasteiger partial charge < -0.3 is 10.4 Å². The molecule has 0 heterocycles. The van der Waals surface area contributed by atoms with Crippen molar-refractivity contribution in [2.45, 2.75) is 77.5 Å². The second kappa shape index (κ2) is 5.31. The lowest BCUT2D eigenvalue weighted by Crippen LogP contribution is -2.50. The van der Waals surface area contributed by atoms with E-state index < -0.39 is 5.60 Å². The van der Waals surface area contributed by atoms with E-state index in [1.807, 2.05) is 13.8 Å². The van der Waals surface area contributed by atoms with Crippen molar-refractivity contribution in [2.75, 3.05) is 0 Å². The molecule has 0 aromatic carbocycles. The summed E-state index contributed by atoms with van der Waals surface area (Å²) in [6.07, 6.45) is 6.67. The van der Waals surface area contributed by atoms with Gasteiger partial charge in [-0.15, -0.1) is 0 Å². The first-order chi connectivity index (χ1) is 6.91. The smallest absolute Gasteiger partial charge is 0.0741 e. The van der Waals surface area contributed by atoms with Gasteiger partial charge in [0.25, 0.3) is 0 Å². The normalized spacial score (nSPS) is 31.0. The number of hydrogen-bond donors (Lipinski definition) is 2. The minimum absolute atomic E-state index is 0.169. The van der Waals surface area contributed by atoms with E-state index in [0.717, 1.165) is 5.92 Å². The molecular formula is C13H27NO. The molecular weight excluding hydrogens is 186 g/mol. The van der Waals surface area contributed by atoms with Gasteiger partial charge in [0.15, 0.2) is 0 Å². The van der Waals surface area contributed by atoms with Gasteiger partial charge >= 0.3 is 0 Å². The molecule has 1 fully saturated rings. The Morgan fingerprint density at radius 1 is 1.20 bits per heavy atom. The van der Waals surface area contributed by atoms with Crippen LogP contribution < -0.4 is 5.32 Å². The average molecular weight is 213 g/mol. The Morgan fingerprint density at radius 2 is 1.80 bits per heavy atom. The first-order valence-corrected chi connectivity index (χ1v) is 6.39. The topological polar surface area (TPSA) is 32.3 Å². The maximum atomic E-state index is 9.91. The summed E-state index contributed by atoms with van der Waals surface area (Å²) in [5.41, 5.74) is -0.619. The van der Waals surface area contributed by atoms with Crippen molar-refractivity contribution in [1.29, 1.82) is 0 Å². The summed E-state index contributed by atoms with van der Waals surface area (Å²) < 4.78 is 0. The highest BCUT2D eigenvalue weighted by Gasteiger charge is 2.27. The van der Waals surface area contributed by atoms with Gasteiger partial charge in [-0.05, 0) is 39.5 Å². The van der Waals surface area contributed by atoms with Crippen LogP contribution >= 0.6 is 0 Å². The molecule has 2 nitrogen and oxygen atoms in total. The minimum Gasteiger partial charge on any atom is -0.389 e. The molecule has 90 valence electrons. The van der Waals surface area contributed by atoms with Gasteiger partial charge in [0.1, 0.15) is 0 Å². The summed E-state index contributed by atoms with van der Waals surface area (Å²) in [7, 11) is 0. The SMILES string of the molecule is CC1CCCCCC1NC(C)C(C)(C)O. The maximum absolute atomic E-state index is 9.91. The largest absolute Gasteiger partial charge is 0.389 e. The molecule has 1 aliphatic rings. The third-order valence-corrected chi connectivity index (χ3v) is 3.89. The van der Waals surface area contributed by atoms with Crippen molar-refractivity contribution < 1.29 is 5.11 Å². The third-order valence-electron chi connectivity index (χ3n) is 3.89. The molecule has 0 saturated heterocycles. The second-order valence-electron chi connectivity index (χ2n) is 5.76. The highest BCUT2D eigenvalue weighted by atomic mass is 16.3. The molecule has 0 aromatic heterocycles. The molecule has 1 saturated carbocycles. The van der Waals surface area contributed by atoms with Crippen LogP contribution in [0.25, 0.3) is 0 Å². The summed E-state index contributed by atoms with van der Waals surface area (Å²) in [5.74, 6) is 0.747. The van der Waals surface area contributed by atoms with Crippen molar-refractivity contribution in [3.63, 3.8) is 0 Å². The first-order valence-electron chi connectivity index (χ1n) is 6.39. The van der Waals surface area contributed by atoms with E-state index >= 15 is 0 Å². The minimum atomic E-state index is -0.619. The zero-order valence-electron chi connectivity index (χ0n) is 10.7. The summed E-state index contributed by atoms with van der Waals surface area (Å²) in [4.78, 5) is 0. The molecule has 3 unspecified atom stereocenters. The van der Waals surface area contributed by atoms with Gasteiger partial charge in [-0.25, -0.2) is 0 Å². The zero-order chi connectivity index (χ0) is 11.5. The molecule has 15 heavy (non-hydrogen) atoms. The van der Waals surface area contributed by atoms with Crippen LogP contribution in [0, 0.1) is 5.92 Å². The quantitative estimate of drug-likeness (QED) is 0.707. The van der Waals surface area contributed by atoms with E-state index in [0.29, 0.717) is 6.04 Å². The lowest BCUT2D eigenvalue weighted by molar-refractivity contribution is 0.0363. The summed E-state index contributed by atoms with van der Waals surface area (Å²) in [5, 5.41) is 13.5. The lowest BCUT2D eigenvalue weighted by atomic mass is 9.93. The fourth-order valence-electron chi connectivity index (χ4n) is 2.27. The van der Waals surface area contributed by atoms with Gasteiger partial charge in [0.2, 0.25) is 0 Å². The number of hydrogen-bond acceptors (Lipinski definition) is 2. The van der Waals surface area contributed by atoms with E-state index in [1.54, 1.807) is 0 Å². The molecule has 0 amide bonds. The van der Waals surface area contributed by atoms with E-state index in [9.17, 15) is 5.11 Å². The Hall–Kier alpha value is -0.0800. The summed E-state index contributed by atoms with van der Waals surface area (Å²) >= 11 is 0. The molecule has 0 spiro atoms. The number of rotatable bonds is 3. The standard InChI is InChI=1S/C13H27NO/c1-10-8-6-5-7-9-12(10)14-11(2)13(3,4)15/h10-12,14-15H,5-9H2,1-4H3. The van der Waals surface area contributed by atoms with Crippen LogP contribution in [0.1, 0.15) is 59.8 Å². The molecule has 3 atom stereocenters. The van der Waals surface area contributed by atoms with Crippen molar-refractivity contribution in [3.8, 4) is 0 Å². The van der Waals surface area contributed by atoms with E-state index in [1.165, 1.54) is 32.1 Å². The van der Waals surface area contributed by atoms with Crippen molar-refractivity contribution in [3.05, 3.63) is 0 Å². The Kier molecular flexibility index (Phi) is 4.60. The molecule has 0 aromatic rings. The molecule has 0 aliphatic heterocycles. The molecule has 2 heteroatoms. The van der Waals surface area contributed by atoms with Crippen LogP contribution in [-0.4, -0.2) is 22.8 Å². The summed E-state index contributed by atoms with van der Waals surface area (Å²) in [6.45, 7) is 8.18. The van der Waals surface area contributed by atoms with E-state index in [4.69, 9.17) is 0 Å². The van der Waals surface area contributed by atoms with E-state index in [2.05, 4.69) is 19.2 Å². The van der Waals surface area contributed by atoms with Gasteiger partial charge in [-0.1, -0.05) is 26.2 Å². The maximum Gasteiger partial charge on any atom is 0.0741 e. The zero-order valence-corrected chi connectivity index (χ0v) is 10.7. The fourth-order valence-corrected chi connectivity index (χ4v) is 2.27. The average Bonchev–Trinajstić information content (AvgIpc) is 2.30. The van der Waals surface area contributed by atoms with Crippen LogP contribution in [0.15, 0.2) is 0 Å².